The van der Waals surface area contributed by atoms with Crippen LogP contribution in [0.3, 0.4) is 0 Å². The molecule has 2 N–H and O–H groups in total. The number of carbonyl (C=O) groups is 1. The van der Waals surface area contributed by atoms with E-state index in [4.69, 9.17) is 0 Å². The smallest absolute Gasteiger partial charge is 0.282 e. The number of nitrogens with one attached hydrogen (secondary N) is 1. The van der Waals surface area contributed by atoms with Crippen molar-refractivity contribution in [3.63, 3.8) is 0 Å². The lowest BCUT2D eigenvalue weighted by molar-refractivity contribution is -0.113. The first-order valence-corrected chi connectivity index (χ1v) is 10.0. The second-order valence-electron chi connectivity index (χ2n) is 7.38. The van der Waals surface area contributed by atoms with Crippen molar-refractivity contribution >= 4 is 34.4 Å². The minimum Gasteiger partial charge on any atom is -0.507 e. The average molecular weight is 422 g/mol. The summed E-state index contributed by atoms with van der Waals surface area (Å²) in [6, 6.07) is 21.2. The molecule has 0 atom stereocenters. The van der Waals surface area contributed by atoms with Crippen LogP contribution in [0.5, 0.6) is 5.75 Å². The summed E-state index contributed by atoms with van der Waals surface area (Å²) in [4.78, 5) is 39.0. The van der Waals surface area contributed by atoms with Gasteiger partial charge < -0.3 is 10.1 Å². The number of para-hydroxylation sites is 1. The number of hydrogen-bond donors (Lipinski definition) is 2. The number of anilines is 1. The lowest BCUT2D eigenvalue weighted by Crippen LogP contribution is -2.32. The van der Waals surface area contributed by atoms with E-state index in [0.29, 0.717) is 33.8 Å². The maximum Gasteiger partial charge on any atom is 0.282 e. The van der Waals surface area contributed by atoms with Gasteiger partial charge in [-0.2, -0.15) is 0 Å². The third kappa shape index (κ3) is 3.35. The Morgan fingerprint density at radius 2 is 1.72 bits per heavy atom. The maximum atomic E-state index is 13.4. The predicted molar refractivity (Wildman–Crippen MR) is 124 cm³/mol. The van der Waals surface area contributed by atoms with E-state index < -0.39 is 0 Å². The molecule has 32 heavy (non-hydrogen) atoms. The second kappa shape index (κ2) is 7.63. The zero-order chi connectivity index (χ0) is 22.2. The molecule has 0 radical (unpaired) electrons. The number of aromatic amines is 1. The Morgan fingerprint density at radius 3 is 2.50 bits per heavy atom. The summed E-state index contributed by atoms with van der Waals surface area (Å²) in [5, 5.41) is 10.5. The summed E-state index contributed by atoms with van der Waals surface area (Å²) in [7, 11) is 0. The topological polar surface area (TPSA) is 98.7 Å². The minimum absolute atomic E-state index is 0.0568. The first-order chi connectivity index (χ1) is 15.5. The molecule has 3 aromatic carbocycles. The SMILES string of the molecule is Cc1nc2ccc(N3C(=O)/C(=C\c4ccccc4O)N=C3c3ccccc3)cc2c(=O)[nH]1. The van der Waals surface area contributed by atoms with Crippen molar-refractivity contribution in [3.05, 3.63) is 106 Å². The van der Waals surface area contributed by atoms with Crippen molar-refractivity contribution in [2.45, 2.75) is 6.92 Å². The van der Waals surface area contributed by atoms with Gasteiger partial charge in [-0.15, -0.1) is 0 Å². The molecule has 0 fully saturated rings. The molecule has 0 spiro atoms. The second-order valence-corrected chi connectivity index (χ2v) is 7.38. The van der Waals surface area contributed by atoms with Crippen LogP contribution in [-0.4, -0.2) is 26.8 Å². The van der Waals surface area contributed by atoms with Crippen LogP contribution in [0, 0.1) is 6.92 Å². The van der Waals surface area contributed by atoms with Gasteiger partial charge in [-0.05, 0) is 37.3 Å². The first kappa shape index (κ1) is 19.4. The number of fused-ring (bicyclic) bond motifs is 1. The van der Waals surface area contributed by atoms with Gasteiger partial charge in [-0.1, -0.05) is 48.5 Å². The molecule has 2 heterocycles. The van der Waals surface area contributed by atoms with Crippen molar-refractivity contribution in [2.24, 2.45) is 4.99 Å². The molecule has 0 aliphatic carbocycles. The Labute approximate surface area is 183 Å². The molecule has 0 saturated carbocycles. The number of hydrogen-bond acceptors (Lipinski definition) is 5. The lowest BCUT2D eigenvalue weighted by Gasteiger charge is -2.19. The number of phenols is 1. The van der Waals surface area contributed by atoms with Gasteiger partial charge in [-0.3, -0.25) is 14.5 Å². The van der Waals surface area contributed by atoms with E-state index in [0.717, 1.165) is 5.56 Å². The van der Waals surface area contributed by atoms with Crippen LogP contribution in [0.4, 0.5) is 5.69 Å². The Kier molecular flexibility index (Phi) is 4.63. The number of amidine groups is 1. The summed E-state index contributed by atoms with van der Waals surface area (Å²) in [6.45, 7) is 1.72. The number of benzene rings is 3. The largest absolute Gasteiger partial charge is 0.507 e. The molecule has 0 unspecified atom stereocenters. The van der Waals surface area contributed by atoms with Gasteiger partial charge in [0.05, 0.1) is 16.6 Å². The fraction of sp³-hybridized carbons (Fsp3) is 0.0400. The lowest BCUT2D eigenvalue weighted by atomic mass is 10.1. The molecular weight excluding hydrogens is 404 g/mol. The van der Waals surface area contributed by atoms with E-state index in [1.165, 1.54) is 4.90 Å². The van der Waals surface area contributed by atoms with Crippen molar-refractivity contribution in [2.75, 3.05) is 4.90 Å². The Balaban J connectivity index is 1.68. The highest BCUT2D eigenvalue weighted by atomic mass is 16.3. The molecule has 156 valence electrons. The van der Waals surface area contributed by atoms with E-state index >= 15 is 0 Å². The molecule has 7 nitrogen and oxygen atoms in total. The standard InChI is InChI=1S/C25H18N4O3/c1-15-26-20-12-11-18(14-19(20)24(31)27-15)29-23(16-7-3-2-4-8-16)28-21(25(29)32)13-17-9-5-6-10-22(17)30/h2-14,30H,1H3,(H,26,27,31)/b21-13+. The number of aliphatic imine (C=N–C) groups is 1. The van der Waals surface area contributed by atoms with Crippen LogP contribution < -0.4 is 10.5 Å². The number of phenolic OH excluding ortho intramolecular Hbond substituents is 1. The Morgan fingerprint density at radius 1 is 0.969 bits per heavy atom. The molecule has 1 aliphatic heterocycles. The third-order valence-corrected chi connectivity index (χ3v) is 5.19. The van der Waals surface area contributed by atoms with Crippen molar-refractivity contribution < 1.29 is 9.90 Å². The zero-order valence-corrected chi connectivity index (χ0v) is 17.1. The molecule has 1 amide bonds. The normalized spacial score (nSPS) is 14.9. The van der Waals surface area contributed by atoms with Crippen molar-refractivity contribution in [1.82, 2.24) is 9.97 Å². The third-order valence-electron chi connectivity index (χ3n) is 5.19. The number of carbonyl (C=O) groups excluding carboxylic acids is 1. The van der Waals surface area contributed by atoms with Crippen LogP contribution in [0.25, 0.3) is 17.0 Å². The van der Waals surface area contributed by atoms with E-state index in [2.05, 4.69) is 15.0 Å². The number of rotatable bonds is 3. The molecule has 1 aliphatic rings. The first-order valence-electron chi connectivity index (χ1n) is 10.0. The maximum absolute atomic E-state index is 13.4. The van der Waals surface area contributed by atoms with E-state index in [1.54, 1.807) is 55.5 Å². The highest BCUT2D eigenvalue weighted by molar-refractivity contribution is 6.33. The van der Waals surface area contributed by atoms with E-state index in [1.807, 2.05) is 30.3 Å². The predicted octanol–water partition coefficient (Wildman–Crippen LogP) is 3.77. The molecule has 1 aromatic heterocycles. The van der Waals surface area contributed by atoms with Crippen molar-refractivity contribution in [3.8, 4) is 5.75 Å². The number of H-pyrrole nitrogens is 1. The van der Waals surface area contributed by atoms with Gasteiger partial charge in [0.15, 0.2) is 0 Å². The van der Waals surface area contributed by atoms with Gasteiger partial charge in [0.1, 0.15) is 23.1 Å². The highest BCUT2D eigenvalue weighted by Crippen LogP contribution is 2.30. The highest BCUT2D eigenvalue weighted by Gasteiger charge is 2.32. The van der Waals surface area contributed by atoms with Gasteiger partial charge in [-0.25, -0.2) is 9.98 Å². The fourth-order valence-electron chi connectivity index (χ4n) is 3.68. The number of aromatic hydroxyl groups is 1. The monoisotopic (exact) mass is 422 g/mol. The van der Waals surface area contributed by atoms with Crippen LogP contribution in [0.1, 0.15) is 17.0 Å². The number of aryl methyl sites for hydroxylation is 1. The van der Waals surface area contributed by atoms with Crippen LogP contribution >= 0.6 is 0 Å². The molecule has 5 rings (SSSR count). The van der Waals surface area contributed by atoms with Crippen LogP contribution in [0.2, 0.25) is 0 Å². The zero-order valence-electron chi connectivity index (χ0n) is 17.1. The minimum atomic E-state index is -0.358. The summed E-state index contributed by atoms with van der Waals surface area (Å²) < 4.78 is 0. The molecule has 0 bridgehead atoms. The summed E-state index contributed by atoms with van der Waals surface area (Å²) in [6.07, 6.45) is 1.55. The van der Waals surface area contributed by atoms with Gasteiger partial charge >= 0.3 is 0 Å². The van der Waals surface area contributed by atoms with Crippen LogP contribution in [-0.2, 0) is 4.79 Å². The van der Waals surface area contributed by atoms with E-state index in [9.17, 15) is 14.7 Å². The Bertz CT molecular complexity index is 1490. The van der Waals surface area contributed by atoms with Crippen molar-refractivity contribution in [1.29, 1.82) is 0 Å². The number of amides is 1. The van der Waals surface area contributed by atoms with Gasteiger partial charge in [0, 0.05) is 11.1 Å². The van der Waals surface area contributed by atoms with E-state index in [-0.39, 0.29) is 22.9 Å². The molecule has 7 heteroatoms. The van der Waals surface area contributed by atoms with Gasteiger partial charge in [0.2, 0.25) is 0 Å². The van der Waals surface area contributed by atoms with Gasteiger partial charge in [0.25, 0.3) is 11.5 Å². The summed E-state index contributed by atoms with van der Waals surface area (Å²) in [5.41, 5.74) is 2.19. The number of aromatic nitrogens is 2. The Hall–Kier alpha value is -4.52. The average Bonchev–Trinajstić information content (AvgIpc) is 3.12. The summed E-state index contributed by atoms with van der Waals surface area (Å²) >= 11 is 0. The molecule has 0 saturated heterocycles. The quantitative estimate of drug-likeness (QED) is 0.491. The van der Waals surface area contributed by atoms with Crippen LogP contribution in [0.15, 0.2) is 88.3 Å². The fourth-order valence-corrected chi connectivity index (χ4v) is 3.68. The molecular formula is C25H18N4O3. The molecule has 4 aromatic rings. The number of nitrogens with zero attached hydrogens (tertiary/aromatic N) is 3. The summed E-state index contributed by atoms with van der Waals surface area (Å²) in [5.74, 6) is 0.657.